The summed E-state index contributed by atoms with van der Waals surface area (Å²) in [5.41, 5.74) is 2.61. The molecule has 0 saturated carbocycles. The molecule has 0 aliphatic heterocycles. The number of halogens is 1. The van der Waals surface area contributed by atoms with Crippen LogP contribution in [0.1, 0.15) is 18.1 Å². The highest BCUT2D eigenvalue weighted by molar-refractivity contribution is 6.30. The van der Waals surface area contributed by atoms with Gasteiger partial charge in [0.2, 0.25) is 0 Å². The fourth-order valence-electron chi connectivity index (χ4n) is 2.01. The molecule has 2 nitrogen and oxygen atoms in total. The van der Waals surface area contributed by atoms with Crippen LogP contribution in [0.25, 0.3) is 0 Å². The topological polar surface area (TPSA) is 32.3 Å². The number of aliphatic hydroxyl groups excluding tert-OH is 1. The Morgan fingerprint density at radius 3 is 2.42 bits per heavy atom. The average Bonchev–Trinajstić information content (AvgIpc) is 2.39. The first-order valence-corrected chi connectivity index (χ1v) is 6.63. The molecule has 2 aromatic carbocycles. The molecule has 3 heteroatoms. The van der Waals surface area contributed by atoms with Crippen LogP contribution in [0.5, 0.6) is 0 Å². The Labute approximate surface area is 119 Å². The Balaban J connectivity index is 2.29. The predicted molar refractivity (Wildman–Crippen MR) is 80.7 cm³/mol. The third-order valence-corrected chi connectivity index (χ3v) is 3.48. The molecule has 0 saturated heterocycles. The summed E-state index contributed by atoms with van der Waals surface area (Å²) < 4.78 is 0. The van der Waals surface area contributed by atoms with Crippen LogP contribution in [0, 0.1) is 6.92 Å². The van der Waals surface area contributed by atoms with E-state index in [0.717, 1.165) is 11.3 Å². The molecule has 0 spiro atoms. The number of hydrogen-bond acceptors (Lipinski definition) is 2. The van der Waals surface area contributed by atoms with Gasteiger partial charge in [-0.25, -0.2) is 0 Å². The minimum Gasteiger partial charge on any atom is -0.394 e. The molecule has 100 valence electrons. The highest BCUT2D eigenvalue weighted by Crippen LogP contribution is 2.27. The van der Waals surface area contributed by atoms with Crippen LogP contribution in [-0.4, -0.2) is 11.7 Å². The van der Waals surface area contributed by atoms with Crippen LogP contribution in [-0.2, 0) is 5.54 Å². The van der Waals surface area contributed by atoms with Gasteiger partial charge < -0.3 is 10.4 Å². The molecule has 0 aromatic heterocycles. The highest BCUT2D eigenvalue weighted by atomic mass is 35.5. The largest absolute Gasteiger partial charge is 0.394 e. The van der Waals surface area contributed by atoms with E-state index in [2.05, 4.69) is 5.32 Å². The van der Waals surface area contributed by atoms with Crippen LogP contribution in [0.2, 0.25) is 5.02 Å². The summed E-state index contributed by atoms with van der Waals surface area (Å²) in [6, 6.07) is 15.7. The Bertz CT molecular complexity index is 553. The third kappa shape index (κ3) is 3.28. The quantitative estimate of drug-likeness (QED) is 0.885. The Hall–Kier alpha value is -1.51. The molecule has 0 aliphatic carbocycles. The van der Waals surface area contributed by atoms with Gasteiger partial charge in [-0.3, -0.25) is 0 Å². The van der Waals surface area contributed by atoms with Crippen LogP contribution in [0.15, 0.2) is 48.5 Å². The monoisotopic (exact) mass is 275 g/mol. The zero-order valence-electron chi connectivity index (χ0n) is 11.2. The van der Waals surface area contributed by atoms with Gasteiger partial charge in [-0.05, 0) is 37.6 Å². The van der Waals surface area contributed by atoms with E-state index in [0.29, 0.717) is 5.02 Å². The van der Waals surface area contributed by atoms with Crippen molar-refractivity contribution in [1.29, 1.82) is 0 Å². The molecule has 0 heterocycles. The Morgan fingerprint density at radius 2 is 1.84 bits per heavy atom. The maximum atomic E-state index is 9.74. The number of rotatable bonds is 4. The molecule has 0 radical (unpaired) electrons. The second kappa shape index (κ2) is 5.64. The van der Waals surface area contributed by atoms with Gasteiger partial charge in [-0.2, -0.15) is 0 Å². The van der Waals surface area contributed by atoms with Crippen LogP contribution in [0.3, 0.4) is 0 Å². The van der Waals surface area contributed by atoms with Crippen molar-refractivity contribution >= 4 is 17.3 Å². The van der Waals surface area contributed by atoms with Gasteiger partial charge in [0.1, 0.15) is 0 Å². The van der Waals surface area contributed by atoms with E-state index >= 15 is 0 Å². The zero-order valence-corrected chi connectivity index (χ0v) is 11.9. The Kier molecular flexibility index (Phi) is 4.13. The van der Waals surface area contributed by atoms with Gasteiger partial charge in [-0.1, -0.05) is 47.5 Å². The average molecular weight is 276 g/mol. The predicted octanol–water partition coefficient (Wildman–Crippen LogP) is 3.97. The van der Waals surface area contributed by atoms with Crippen molar-refractivity contribution in [2.45, 2.75) is 19.4 Å². The van der Waals surface area contributed by atoms with E-state index in [9.17, 15) is 5.11 Å². The van der Waals surface area contributed by atoms with Gasteiger partial charge >= 0.3 is 0 Å². The van der Waals surface area contributed by atoms with Crippen molar-refractivity contribution in [2.75, 3.05) is 11.9 Å². The molecule has 1 unspecified atom stereocenters. The summed E-state index contributed by atoms with van der Waals surface area (Å²) in [5.74, 6) is 0. The van der Waals surface area contributed by atoms with E-state index in [-0.39, 0.29) is 6.61 Å². The normalized spacial score (nSPS) is 13.9. The Morgan fingerprint density at radius 1 is 1.16 bits per heavy atom. The van der Waals surface area contributed by atoms with Gasteiger partial charge in [0, 0.05) is 10.7 Å². The van der Waals surface area contributed by atoms with Crippen molar-refractivity contribution in [2.24, 2.45) is 0 Å². The van der Waals surface area contributed by atoms with Crippen molar-refractivity contribution in [3.05, 3.63) is 64.7 Å². The van der Waals surface area contributed by atoms with Crippen molar-refractivity contribution in [3.63, 3.8) is 0 Å². The summed E-state index contributed by atoms with van der Waals surface area (Å²) in [5, 5.41) is 13.8. The molecule has 0 fully saturated rings. The van der Waals surface area contributed by atoms with Gasteiger partial charge in [0.05, 0.1) is 12.1 Å². The SMILES string of the molecule is Cc1ccc(C(C)(CO)Nc2cccc(Cl)c2)cc1. The molecule has 2 N–H and O–H groups in total. The van der Waals surface area contributed by atoms with E-state index in [1.54, 1.807) is 0 Å². The summed E-state index contributed by atoms with van der Waals surface area (Å²) in [6.45, 7) is 4.02. The molecule has 0 bridgehead atoms. The molecule has 19 heavy (non-hydrogen) atoms. The summed E-state index contributed by atoms with van der Waals surface area (Å²) in [7, 11) is 0. The standard InChI is InChI=1S/C16H18ClNO/c1-12-6-8-13(9-7-12)16(2,11-19)18-15-5-3-4-14(17)10-15/h3-10,18-19H,11H2,1-2H3. The maximum absolute atomic E-state index is 9.74. The van der Waals surface area contributed by atoms with Crippen molar-refractivity contribution in [3.8, 4) is 0 Å². The summed E-state index contributed by atoms with van der Waals surface area (Å²) in [6.07, 6.45) is 0. The van der Waals surface area contributed by atoms with Crippen molar-refractivity contribution < 1.29 is 5.11 Å². The molecular weight excluding hydrogens is 258 g/mol. The van der Waals surface area contributed by atoms with Gasteiger partial charge in [-0.15, -0.1) is 0 Å². The first-order chi connectivity index (χ1) is 9.03. The molecule has 0 aliphatic rings. The lowest BCUT2D eigenvalue weighted by atomic mass is 9.92. The maximum Gasteiger partial charge on any atom is 0.0828 e. The highest BCUT2D eigenvalue weighted by Gasteiger charge is 2.25. The zero-order chi connectivity index (χ0) is 13.9. The van der Waals surface area contributed by atoms with Crippen LogP contribution in [0.4, 0.5) is 5.69 Å². The number of benzene rings is 2. The molecule has 2 rings (SSSR count). The summed E-state index contributed by atoms with van der Waals surface area (Å²) >= 11 is 5.98. The fourth-order valence-corrected chi connectivity index (χ4v) is 2.20. The van der Waals surface area contributed by atoms with E-state index in [1.807, 2.05) is 62.4 Å². The minimum atomic E-state index is -0.529. The second-order valence-corrected chi connectivity index (χ2v) is 5.43. The number of aryl methyl sites for hydroxylation is 1. The first-order valence-electron chi connectivity index (χ1n) is 6.25. The lowest BCUT2D eigenvalue weighted by Crippen LogP contribution is -2.35. The van der Waals surface area contributed by atoms with E-state index < -0.39 is 5.54 Å². The van der Waals surface area contributed by atoms with Gasteiger partial charge in [0.15, 0.2) is 0 Å². The van der Waals surface area contributed by atoms with Crippen LogP contribution >= 0.6 is 11.6 Å². The molecule has 1 atom stereocenters. The number of aliphatic hydroxyl groups is 1. The number of anilines is 1. The van der Waals surface area contributed by atoms with E-state index in [1.165, 1.54) is 5.56 Å². The fraction of sp³-hybridized carbons (Fsp3) is 0.250. The molecule has 0 amide bonds. The smallest absolute Gasteiger partial charge is 0.0828 e. The third-order valence-electron chi connectivity index (χ3n) is 3.25. The minimum absolute atomic E-state index is 0.00255. The number of hydrogen-bond donors (Lipinski definition) is 2. The molecule has 2 aromatic rings. The van der Waals surface area contributed by atoms with Gasteiger partial charge in [0.25, 0.3) is 0 Å². The van der Waals surface area contributed by atoms with Crippen LogP contribution < -0.4 is 5.32 Å². The lowest BCUT2D eigenvalue weighted by molar-refractivity contribution is 0.224. The number of nitrogens with one attached hydrogen (secondary N) is 1. The first kappa shape index (κ1) is 13.9. The van der Waals surface area contributed by atoms with Crippen molar-refractivity contribution in [1.82, 2.24) is 0 Å². The molecular formula is C16H18ClNO. The lowest BCUT2D eigenvalue weighted by Gasteiger charge is -2.30. The van der Waals surface area contributed by atoms with E-state index in [4.69, 9.17) is 11.6 Å². The summed E-state index contributed by atoms with van der Waals surface area (Å²) in [4.78, 5) is 0. The second-order valence-electron chi connectivity index (χ2n) is 4.99.